The van der Waals surface area contributed by atoms with Gasteiger partial charge in [0.25, 0.3) is 0 Å². The molecule has 8 heteroatoms. The van der Waals surface area contributed by atoms with E-state index in [9.17, 15) is 0 Å². The number of amidine groups is 2. The van der Waals surface area contributed by atoms with Crippen molar-refractivity contribution in [1.82, 2.24) is 0 Å². The number of halogens is 2. The van der Waals surface area contributed by atoms with Gasteiger partial charge in [0.05, 0.1) is 0 Å². The fraction of sp³-hybridized carbons (Fsp3) is 0.200. The number of rotatable bonds is 8. The average molecular weight is 489 g/mol. The first kappa shape index (κ1) is 27.8. The number of nitrogens with one attached hydrogen (secondary N) is 2. The van der Waals surface area contributed by atoms with Crippen LogP contribution in [0.25, 0.3) is 0 Å². The van der Waals surface area contributed by atoms with E-state index in [1.165, 1.54) is 0 Å². The molecule has 176 valence electrons. The predicted molar refractivity (Wildman–Crippen MR) is 139 cm³/mol. The first-order chi connectivity index (χ1) is 14.7. The number of benzene rings is 3. The third-order valence-electron chi connectivity index (χ3n) is 5.12. The highest BCUT2D eigenvalue weighted by molar-refractivity contribution is 5.95. The van der Waals surface area contributed by atoms with E-state index >= 15 is 0 Å². The molecule has 0 unspecified atom stereocenters. The maximum atomic E-state index is 7.55. The van der Waals surface area contributed by atoms with E-state index in [4.69, 9.17) is 31.8 Å². The van der Waals surface area contributed by atoms with Crippen LogP contribution in [0, 0.1) is 31.6 Å². The summed E-state index contributed by atoms with van der Waals surface area (Å²) in [6.45, 7) is 6.79. The molecule has 0 aliphatic heterocycles. The van der Waals surface area contributed by atoms with Gasteiger partial charge in [0, 0.05) is 17.2 Å². The lowest BCUT2D eigenvalue weighted by Gasteiger charge is -2.14. The molecule has 6 nitrogen and oxygen atoms in total. The van der Waals surface area contributed by atoms with E-state index in [-0.39, 0.29) is 36.5 Å². The second kappa shape index (κ2) is 12.1. The Hall–Kier alpha value is -3.22. The van der Waals surface area contributed by atoms with Crippen LogP contribution in [0.15, 0.2) is 54.6 Å². The molecule has 0 atom stereocenters. The van der Waals surface area contributed by atoms with Crippen LogP contribution < -0.4 is 20.9 Å². The number of hydrogen-bond acceptors (Lipinski definition) is 4. The van der Waals surface area contributed by atoms with Gasteiger partial charge in [-0.05, 0) is 72.9 Å². The lowest BCUT2D eigenvalue weighted by Crippen LogP contribution is -2.11. The SMILES string of the molecule is Cc1cc(OCc2ccc(C(=N)N)cc2C)cc(OCc2ccc(C(=N)N)cc2C)c1.Cl.Cl. The predicted octanol–water partition coefficient (Wildman–Crippen LogP) is 5.18. The minimum Gasteiger partial charge on any atom is -0.489 e. The maximum Gasteiger partial charge on any atom is 0.123 e. The molecule has 0 aliphatic rings. The zero-order valence-corrected chi connectivity index (χ0v) is 20.5. The van der Waals surface area contributed by atoms with Crippen LogP contribution in [-0.2, 0) is 13.2 Å². The maximum absolute atomic E-state index is 7.55. The summed E-state index contributed by atoms with van der Waals surface area (Å²) in [6.07, 6.45) is 0. The van der Waals surface area contributed by atoms with Crippen molar-refractivity contribution in [3.05, 3.63) is 93.5 Å². The average Bonchev–Trinajstić information content (AvgIpc) is 2.71. The summed E-state index contributed by atoms with van der Waals surface area (Å²) in [5.74, 6) is 1.58. The summed E-state index contributed by atoms with van der Waals surface area (Å²) < 4.78 is 12.0. The van der Waals surface area contributed by atoms with Crippen molar-refractivity contribution in [1.29, 1.82) is 10.8 Å². The zero-order chi connectivity index (χ0) is 22.5. The summed E-state index contributed by atoms with van der Waals surface area (Å²) in [6, 6.07) is 17.2. The Labute approximate surface area is 207 Å². The molecule has 0 saturated heterocycles. The minimum absolute atomic E-state index is 0. The van der Waals surface area contributed by atoms with Gasteiger partial charge in [-0.2, -0.15) is 0 Å². The fourth-order valence-corrected chi connectivity index (χ4v) is 3.25. The second-order valence-corrected chi connectivity index (χ2v) is 7.67. The molecule has 6 N–H and O–H groups in total. The summed E-state index contributed by atoms with van der Waals surface area (Å²) in [5, 5.41) is 15.1. The Morgan fingerprint density at radius 1 is 0.667 bits per heavy atom. The molecule has 0 aliphatic carbocycles. The minimum atomic E-state index is 0. The van der Waals surface area contributed by atoms with Crippen LogP contribution in [0.4, 0.5) is 0 Å². The van der Waals surface area contributed by atoms with Crippen molar-refractivity contribution in [2.75, 3.05) is 0 Å². The van der Waals surface area contributed by atoms with Crippen molar-refractivity contribution in [2.45, 2.75) is 34.0 Å². The van der Waals surface area contributed by atoms with Gasteiger partial charge < -0.3 is 20.9 Å². The molecule has 33 heavy (non-hydrogen) atoms. The molecule has 3 aromatic carbocycles. The van der Waals surface area contributed by atoms with Gasteiger partial charge in [-0.3, -0.25) is 10.8 Å². The van der Waals surface area contributed by atoms with E-state index in [1.54, 1.807) is 0 Å². The molecule has 0 bridgehead atoms. The number of ether oxygens (including phenoxy) is 2. The van der Waals surface area contributed by atoms with Crippen molar-refractivity contribution >= 4 is 36.5 Å². The van der Waals surface area contributed by atoms with Gasteiger partial charge in [-0.25, -0.2) is 0 Å². The normalized spacial score (nSPS) is 9.91. The fourth-order valence-electron chi connectivity index (χ4n) is 3.25. The molecule has 3 aromatic rings. The molecule has 0 saturated carbocycles. The summed E-state index contributed by atoms with van der Waals surface area (Å²) in [4.78, 5) is 0. The van der Waals surface area contributed by atoms with E-state index in [0.29, 0.717) is 24.3 Å². The van der Waals surface area contributed by atoms with Gasteiger partial charge in [0.2, 0.25) is 0 Å². The Bertz CT molecular complexity index is 1060. The van der Waals surface area contributed by atoms with E-state index in [2.05, 4.69) is 0 Å². The molecular formula is C25H30Cl2N4O2. The Morgan fingerprint density at radius 3 is 1.39 bits per heavy atom. The topological polar surface area (TPSA) is 118 Å². The van der Waals surface area contributed by atoms with Crippen LogP contribution in [0.2, 0.25) is 0 Å². The Morgan fingerprint density at radius 2 is 1.06 bits per heavy atom. The van der Waals surface area contributed by atoms with Crippen molar-refractivity contribution in [3.8, 4) is 11.5 Å². The summed E-state index contributed by atoms with van der Waals surface area (Å²) >= 11 is 0. The van der Waals surface area contributed by atoms with Crippen LogP contribution in [0.5, 0.6) is 11.5 Å². The van der Waals surface area contributed by atoms with Gasteiger partial charge in [-0.1, -0.05) is 24.3 Å². The largest absolute Gasteiger partial charge is 0.489 e. The number of aryl methyl sites for hydroxylation is 3. The van der Waals surface area contributed by atoms with Gasteiger partial charge in [0.1, 0.15) is 36.4 Å². The lowest BCUT2D eigenvalue weighted by atomic mass is 10.1. The van der Waals surface area contributed by atoms with Gasteiger partial charge in [0.15, 0.2) is 0 Å². The lowest BCUT2D eigenvalue weighted by molar-refractivity contribution is 0.289. The third kappa shape index (κ3) is 7.41. The van der Waals surface area contributed by atoms with Crippen LogP contribution in [-0.4, -0.2) is 11.7 Å². The highest BCUT2D eigenvalue weighted by Gasteiger charge is 2.07. The highest BCUT2D eigenvalue weighted by Crippen LogP contribution is 2.25. The summed E-state index contributed by atoms with van der Waals surface area (Å²) in [5.41, 5.74) is 17.7. The van der Waals surface area contributed by atoms with Gasteiger partial charge in [-0.15, -0.1) is 24.8 Å². The number of hydrogen-bond donors (Lipinski definition) is 4. The Balaban J connectivity index is 0.00000272. The Kier molecular flexibility index (Phi) is 10.2. The van der Waals surface area contributed by atoms with Crippen LogP contribution >= 0.6 is 24.8 Å². The van der Waals surface area contributed by atoms with Crippen LogP contribution in [0.3, 0.4) is 0 Å². The van der Waals surface area contributed by atoms with Crippen LogP contribution in [0.1, 0.15) is 38.9 Å². The quantitative estimate of drug-likeness (QED) is 0.258. The first-order valence-electron chi connectivity index (χ1n) is 9.98. The zero-order valence-electron chi connectivity index (χ0n) is 18.9. The summed E-state index contributed by atoms with van der Waals surface area (Å²) in [7, 11) is 0. The third-order valence-corrected chi connectivity index (χ3v) is 5.12. The van der Waals surface area contributed by atoms with E-state index in [1.807, 2.05) is 75.4 Å². The second-order valence-electron chi connectivity index (χ2n) is 7.67. The molecular weight excluding hydrogens is 459 g/mol. The van der Waals surface area contributed by atoms with Crippen molar-refractivity contribution in [2.24, 2.45) is 11.5 Å². The first-order valence-corrected chi connectivity index (χ1v) is 9.98. The highest BCUT2D eigenvalue weighted by atomic mass is 35.5. The van der Waals surface area contributed by atoms with Crippen molar-refractivity contribution in [3.63, 3.8) is 0 Å². The standard InChI is InChI=1S/C25H28N4O2.2ClH/c1-15-8-22(30-13-20-6-4-18(24(26)27)10-16(20)2)12-23(9-15)31-14-21-7-5-19(25(28)29)11-17(21)3;;/h4-12H,13-14H2,1-3H3,(H3,26,27)(H3,28,29);2*1H. The van der Waals surface area contributed by atoms with Gasteiger partial charge >= 0.3 is 0 Å². The van der Waals surface area contributed by atoms with E-state index in [0.717, 1.165) is 39.3 Å². The number of nitrogens with two attached hydrogens (primary N) is 2. The van der Waals surface area contributed by atoms with E-state index < -0.39 is 0 Å². The molecule has 0 aromatic heterocycles. The number of nitrogen functional groups attached to an aromatic ring is 2. The van der Waals surface area contributed by atoms with Crippen molar-refractivity contribution < 1.29 is 9.47 Å². The smallest absolute Gasteiger partial charge is 0.123 e. The molecule has 0 radical (unpaired) electrons. The monoisotopic (exact) mass is 488 g/mol. The molecule has 0 amide bonds. The molecule has 0 spiro atoms. The molecule has 0 heterocycles. The molecule has 0 fully saturated rings. The molecule has 3 rings (SSSR count).